The smallest absolute Gasteiger partial charge is 0.250 e. The number of pyridine rings is 1. The van der Waals surface area contributed by atoms with Gasteiger partial charge >= 0.3 is 0 Å². The minimum absolute atomic E-state index is 0.0197. The Morgan fingerprint density at radius 2 is 2.00 bits per heavy atom. The molecule has 0 saturated carbocycles. The van der Waals surface area contributed by atoms with Crippen LogP contribution in [0.15, 0.2) is 41.2 Å². The summed E-state index contributed by atoms with van der Waals surface area (Å²) >= 11 is 0. The van der Waals surface area contributed by atoms with Crippen molar-refractivity contribution in [3.05, 3.63) is 58.0 Å². The quantitative estimate of drug-likeness (QED) is 0.794. The average molecular weight is 398 g/mol. The van der Waals surface area contributed by atoms with Crippen LogP contribution in [0.2, 0.25) is 0 Å². The molecule has 4 rings (SSSR count). The van der Waals surface area contributed by atoms with E-state index in [1.807, 2.05) is 35.8 Å². The number of sulfonamides is 1. The zero-order valence-electron chi connectivity index (χ0n) is 15.8. The average Bonchev–Trinajstić information content (AvgIpc) is 2.68. The van der Waals surface area contributed by atoms with Gasteiger partial charge in [-0.3, -0.25) is 4.79 Å². The topological polar surface area (TPSA) is 83.2 Å². The van der Waals surface area contributed by atoms with E-state index < -0.39 is 10.0 Å². The molecule has 2 atom stereocenters. The van der Waals surface area contributed by atoms with Crippen molar-refractivity contribution in [3.8, 4) is 17.2 Å². The van der Waals surface area contributed by atoms with E-state index in [4.69, 9.17) is 0 Å². The highest BCUT2D eigenvalue weighted by Gasteiger charge is 2.39. The summed E-state index contributed by atoms with van der Waals surface area (Å²) in [5.41, 5.74) is 3.21. The van der Waals surface area contributed by atoms with Crippen LogP contribution in [0.1, 0.15) is 36.9 Å². The van der Waals surface area contributed by atoms with Gasteiger partial charge in [-0.2, -0.15) is 5.26 Å². The molecule has 146 valence electrons. The van der Waals surface area contributed by atoms with Gasteiger partial charge in [0, 0.05) is 42.9 Å². The predicted octanol–water partition coefficient (Wildman–Crippen LogP) is 2.55. The van der Waals surface area contributed by atoms with Crippen LogP contribution in [0.4, 0.5) is 0 Å². The lowest BCUT2D eigenvalue weighted by Crippen LogP contribution is -2.49. The lowest BCUT2D eigenvalue weighted by Gasteiger charge is -2.43. The van der Waals surface area contributed by atoms with Gasteiger partial charge in [0.2, 0.25) is 10.0 Å². The highest BCUT2D eigenvalue weighted by atomic mass is 32.2. The van der Waals surface area contributed by atoms with Gasteiger partial charge in [0.25, 0.3) is 5.56 Å². The van der Waals surface area contributed by atoms with Crippen molar-refractivity contribution in [2.45, 2.75) is 32.2 Å². The molecule has 0 radical (unpaired) electrons. The minimum Gasteiger partial charge on any atom is -0.311 e. The van der Waals surface area contributed by atoms with Crippen LogP contribution in [-0.2, 0) is 16.6 Å². The molecule has 1 aromatic carbocycles. The predicted molar refractivity (Wildman–Crippen MR) is 107 cm³/mol. The summed E-state index contributed by atoms with van der Waals surface area (Å²) in [6.07, 6.45) is 1.48. The fourth-order valence-corrected chi connectivity index (χ4v) is 6.20. The van der Waals surface area contributed by atoms with Gasteiger partial charge in [-0.25, -0.2) is 12.7 Å². The normalized spacial score (nSPS) is 21.7. The summed E-state index contributed by atoms with van der Waals surface area (Å²) in [4.78, 5) is 12.6. The Labute approximate surface area is 165 Å². The molecule has 2 aliphatic rings. The Bertz CT molecular complexity index is 1110. The van der Waals surface area contributed by atoms with Crippen LogP contribution in [0.25, 0.3) is 11.1 Å². The van der Waals surface area contributed by atoms with E-state index in [1.54, 1.807) is 16.4 Å². The van der Waals surface area contributed by atoms with Crippen molar-refractivity contribution in [2.24, 2.45) is 5.92 Å². The van der Waals surface area contributed by atoms with Crippen LogP contribution < -0.4 is 5.56 Å². The highest BCUT2D eigenvalue weighted by Crippen LogP contribution is 2.40. The fraction of sp³-hybridized carbons (Fsp3) is 0.429. The molecule has 6 nitrogen and oxygen atoms in total. The Morgan fingerprint density at radius 1 is 1.18 bits per heavy atom. The van der Waals surface area contributed by atoms with Crippen LogP contribution in [0.5, 0.6) is 0 Å². The Morgan fingerprint density at radius 3 is 2.75 bits per heavy atom. The van der Waals surface area contributed by atoms with Gasteiger partial charge in [-0.15, -0.1) is 0 Å². The molecule has 0 amide bonds. The number of fused-ring (bicyclic) bond motifs is 4. The Hall–Kier alpha value is -2.43. The first-order valence-corrected chi connectivity index (χ1v) is 11.3. The van der Waals surface area contributed by atoms with Gasteiger partial charge in [-0.1, -0.05) is 19.1 Å². The second-order valence-electron chi connectivity index (χ2n) is 7.71. The third-order valence-corrected chi connectivity index (χ3v) is 7.72. The molecule has 28 heavy (non-hydrogen) atoms. The molecule has 2 aliphatic heterocycles. The third kappa shape index (κ3) is 3.27. The lowest BCUT2D eigenvalue weighted by molar-refractivity contribution is 0.187. The molecule has 0 spiro atoms. The number of hydrogen-bond acceptors (Lipinski definition) is 4. The summed E-state index contributed by atoms with van der Waals surface area (Å²) in [6, 6.07) is 12.9. The van der Waals surface area contributed by atoms with Crippen molar-refractivity contribution in [3.63, 3.8) is 0 Å². The fourth-order valence-electron chi connectivity index (χ4n) is 4.59. The van der Waals surface area contributed by atoms with Crippen LogP contribution >= 0.6 is 0 Å². The second-order valence-corrected chi connectivity index (χ2v) is 9.79. The Kier molecular flexibility index (Phi) is 4.86. The second kappa shape index (κ2) is 7.19. The molecule has 0 unspecified atom stereocenters. The maximum absolute atomic E-state index is 12.7. The van der Waals surface area contributed by atoms with Crippen LogP contribution in [0, 0.1) is 17.2 Å². The lowest BCUT2D eigenvalue weighted by atomic mass is 9.81. The van der Waals surface area contributed by atoms with E-state index >= 15 is 0 Å². The van der Waals surface area contributed by atoms with Crippen molar-refractivity contribution >= 4 is 10.0 Å². The van der Waals surface area contributed by atoms with Gasteiger partial charge in [0.05, 0.1) is 17.4 Å². The zero-order chi connectivity index (χ0) is 19.9. The van der Waals surface area contributed by atoms with Gasteiger partial charge in [0.1, 0.15) is 0 Å². The molecule has 1 saturated heterocycles. The number of piperidine rings is 1. The molecule has 2 aromatic rings. The molecule has 0 N–H and O–H groups in total. The van der Waals surface area contributed by atoms with E-state index in [0.29, 0.717) is 31.6 Å². The molecular formula is C21H23N3O3S. The summed E-state index contributed by atoms with van der Waals surface area (Å²) in [5.74, 6) is 0.288. The number of benzene rings is 1. The third-order valence-electron chi connectivity index (χ3n) is 5.71. The number of aromatic nitrogens is 1. The van der Waals surface area contributed by atoms with E-state index in [-0.39, 0.29) is 23.1 Å². The van der Waals surface area contributed by atoms with Gasteiger partial charge in [0.15, 0.2) is 0 Å². The summed E-state index contributed by atoms with van der Waals surface area (Å²) < 4.78 is 28.7. The van der Waals surface area contributed by atoms with Crippen molar-refractivity contribution in [1.82, 2.24) is 8.87 Å². The van der Waals surface area contributed by atoms with Crippen LogP contribution in [-0.4, -0.2) is 36.1 Å². The summed E-state index contributed by atoms with van der Waals surface area (Å²) in [5, 5.41) is 9.23. The van der Waals surface area contributed by atoms with E-state index in [1.165, 1.54) is 0 Å². The molecular weight excluding hydrogens is 374 g/mol. The molecule has 2 bridgehead atoms. The summed E-state index contributed by atoms with van der Waals surface area (Å²) in [7, 11) is -3.27. The molecule has 3 heterocycles. The SMILES string of the molecule is CCCS(=O)(=O)N1C[C@H]2C[C@H](C1)c1c(-c3cccc(C#N)c3)ccc(=O)n1C2. The molecule has 1 fully saturated rings. The first-order valence-electron chi connectivity index (χ1n) is 9.65. The van der Waals surface area contributed by atoms with Crippen molar-refractivity contribution < 1.29 is 8.42 Å². The first kappa shape index (κ1) is 18.9. The van der Waals surface area contributed by atoms with Gasteiger partial charge in [-0.05, 0) is 42.5 Å². The summed E-state index contributed by atoms with van der Waals surface area (Å²) in [6.45, 7) is 3.30. The standard InChI is InChI=1S/C21H23N3O3S/c1-2-8-28(26,27)23-12-16-10-18(14-23)21-19(6-7-20(25)24(21)13-16)17-5-3-4-15(9-17)11-22/h3-7,9,16,18H,2,8,10,12-14H2,1H3/t16-,18-/m1/s1. The first-order chi connectivity index (χ1) is 13.4. The van der Waals surface area contributed by atoms with Crippen molar-refractivity contribution in [2.75, 3.05) is 18.8 Å². The highest BCUT2D eigenvalue weighted by molar-refractivity contribution is 7.89. The maximum Gasteiger partial charge on any atom is 0.250 e. The van der Waals surface area contributed by atoms with E-state index in [0.717, 1.165) is 23.2 Å². The van der Waals surface area contributed by atoms with E-state index in [2.05, 4.69) is 6.07 Å². The number of hydrogen-bond donors (Lipinski definition) is 0. The van der Waals surface area contributed by atoms with Crippen LogP contribution in [0.3, 0.4) is 0 Å². The number of nitriles is 1. The Balaban J connectivity index is 1.81. The van der Waals surface area contributed by atoms with Crippen molar-refractivity contribution in [1.29, 1.82) is 5.26 Å². The molecule has 0 aliphatic carbocycles. The van der Waals surface area contributed by atoms with E-state index in [9.17, 15) is 18.5 Å². The monoisotopic (exact) mass is 397 g/mol. The number of rotatable bonds is 4. The minimum atomic E-state index is -3.27. The largest absolute Gasteiger partial charge is 0.311 e. The molecule has 1 aromatic heterocycles. The van der Waals surface area contributed by atoms with Gasteiger partial charge < -0.3 is 4.57 Å². The zero-order valence-corrected chi connectivity index (χ0v) is 16.7. The number of nitrogens with zero attached hydrogens (tertiary/aromatic N) is 3. The molecule has 7 heteroatoms. The maximum atomic E-state index is 12.7.